The Kier molecular flexibility index (Phi) is 4.30. The maximum Gasteiger partial charge on any atom is 0.141 e. The molecular weight excluding hydrogens is 342 g/mol. The summed E-state index contributed by atoms with van der Waals surface area (Å²) in [7, 11) is 0. The van der Waals surface area contributed by atoms with Crippen molar-refractivity contribution in [3.05, 3.63) is 46.9 Å². The van der Waals surface area contributed by atoms with E-state index in [1.807, 2.05) is 23.6 Å². The van der Waals surface area contributed by atoms with E-state index in [1.54, 1.807) is 11.2 Å². The lowest BCUT2D eigenvalue weighted by Gasteiger charge is -2.35. The Morgan fingerprint density at radius 1 is 0.962 bits per heavy atom. The van der Waals surface area contributed by atoms with Crippen molar-refractivity contribution in [3.8, 4) is 0 Å². The van der Waals surface area contributed by atoms with Gasteiger partial charge in [-0.05, 0) is 43.4 Å². The highest BCUT2D eigenvalue weighted by Crippen LogP contribution is 2.39. The maximum absolute atomic E-state index is 4.71. The summed E-state index contributed by atoms with van der Waals surface area (Å²) < 4.78 is 0. The average Bonchev–Trinajstić information content (AvgIpc) is 3.08. The lowest BCUT2D eigenvalue weighted by Crippen LogP contribution is -2.46. The number of anilines is 1. The third-order valence-electron chi connectivity index (χ3n) is 5.51. The maximum atomic E-state index is 4.71. The van der Waals surface area contributed by atoms with Gasteiger partial charge in [0.25, 0.3) is 0 Å². The van der Waals surface area contributed by atoms with E-state index in [0.29, 0.717) is 0 Å². The van der Waals surface area contributed by atoms with Crippen LogP contribution in [0.2, 0.25) is 0 Å². The number of fused-ring (bicyclic) bond motifs is 3. The van der Waals surface area contributed by atoms with Gasteiger partial charge < -0.3 is 4.90 Å². The fourth-order valence-corrected chi connectivity index (χ4v) is 5.38. The average molecular weight is 366 g/mol. The van der Waals surface area contributed by atoms with Gasteiger partial charge in [-0.3, -0.25) is 9.88 Å². The number of aryl methyl sites for hydroxylation is 2. The van der Waals surface area contributed by atoms with Gasteiger partial charge in [0.1, 0.15) is 17.0 Å². The van der Waals surface area contributed by atoms with Crippen molar-refractivity contribution < 1.29 is 0 Å². The van der Waals surface area contributed by atoms with Crippen molar-refractivity contribution in [1.29, 1.82) is 0 Å². The Bertz CT molecular complexity index is 899. The number of aromatic nitrogens is 3. The molecule has 5 nitrogen and oxygen atoms in total. The van der Waals surface area contributed by atoms with Crippen molar-refractivity contribution in [2.75, 3.05) is 31.1 Å². The minimum absolute atomic E-state index is 0.932. The van der Waals surface area contributed by atoms with Crippen LogP contribution >= 0.6 is 11.3 Å². The normalized spacial score (nSPS) is 18.2. The van der Waals surface area contributed by atoms with Crippen LogP contribution in [0.5, 0.6) is 0 Å². The highest BCUT2D eigenvalue weighted by molar-refractivity contribution is 7.19. The van der Waals surface area contributed by atoms with Gasteiger partial charge in [0, 0.05) is 43.8 Å². The van der Waals surface area contributed by atoms with Crippen molar-refractivity contribution in [2.45, 2.75) is 32.2 Å². The number of pyridine rings is 1. The first-order valence-corrected chi connectivity index (χ1v) is 10.3. The molecule has 4 heterocycles. The van der Waals surface area contributed by atoms with Gasteiger partial charge >= 0.3 is 0 Å². The summed E-state index contributed by atoms with van der Waals surface area (Å²) in [6.07, 6.45) is 8.64. The minimum Gasteiger partial charge on any atom is -0.353 e. The van der Waals surface area contributed by atoms with Crippen LogP contribution in [0.3, 0.4) is 0 Å². The van der Waals surface area contributed by atoms with Gasteiger partial charge in [0.2, 0.25) is 0 Å². The quantitative estimate of drug-likeness (QED) is 0.713. The third-order valence-corrected chi connectivity index (χ3v) is 6.71. The van der Waals surface area contributed by atoms with E-state index in [1.165, 1.54) is 41.5 Å². The number of nitrogens with zero attached hydrogens (tertiary/aromatic N) is 5. The van der Waals surface area contributed by atoms with Crippen LogP contribution in [0, 0.1) is 0 Å². The van der Waals surface area contributed by atoms with E-state index in [4.69, 9.17) is 4.98 Å². The van der Waals surface area contributed by atoms with Gasteiger partial charge in [0.15, 0.2) is 0 Å². The van der Waals surface area contributed by atoms with Crippen LogP contribution in [0.25, 0.3) is 10.2 Å². The van der Waals surface area contributed by atoms with Gasteiger partial charge in [-0.15, -0.1) is 11.3 Å². The van der Waals surface area contributed by atoms with E-state index in [2.05, 4.69) is 31.9 Å². The highest BCUT2D eigenvalue weighted by atomic mass is 32.1. The highest BCUT2D eigenvalue weighted by Gasteiger charge is 2.25. The zero-order valence-corrected chi connectivity index (χ0v) is 15.7. The van der Waals surface area contributed by atoms with Crippen LogP contribution in [0.15, 0.2) is 30.7 Å². The first-order valence-electron chi connectivity index (χ1n) is 9.51. The molecule has 26 heavy (non-hydrogen) atoms. The van der Waals surface area contributed by atoms with Gasteiger partial charge in [-0.25, -0.2) is 9.97 Å². The van der Waals surface area contributed by atoms with E-state index in [-0.39, 0.29) is 0 Å². The molecule has 0 amide bonds. The fourth-order valence-electron chi connectivity index (χ4n) is 4.15. The molecule has 0 spiro atoms. The molecule has 1 aliphatic carbocycles. The van der Waals surface area contributed by atoms with Crippen LogP contribution < -0.4 is 4.90 Å². The zero-order chi connectivity index (χ0) is 17.3. The van der Waals surface area contributed by atoms with Gasteiger partial charge in [0.05, 0.1) is 11.1 Å². The molecule has 3 aromatic heterocycles. The minimum atomic E-state index is 0.932. The summed E-state index contributed by atoms with van der Waals surface area (Å²) >= 11 is 1.88. The van der Waals surface area contributed by atoms with E-state index in [0.717, 1.165) is 44.2 Å². The Hall–Kier alpha value is -2.05. The van der Waals surface area contributed by atoms with E-state index in [9.17, 15) is 0 Å². The first kappa shape index (κ1) is 16.1. The predicted octanol–water partition coefficient (Wildman–Crippen LogP) is 3.29. The molecule has 0 atom stereocenters. The molecule has 0 saturated carbocycles. The monoisotopic (exact) mass is 365 g/mol. The molecule has 1 aliphatic heterocycles. The second-order valence-corrected chi connectivity index (χ2v) is 8.26. The molecule has 0 bridgehead atoms. The third kappa shape index (κ3) is 2.97. The topological polar surface area (TPSA) is 45.2 Å². The molecule has 0 N–H and O–H groups in total. The van der Waals surface area contributed by atoms with Crippen LogP contribution in [0.4, 0.5) is 5.82 Å². The van der Waals surface area contributed by atoms with Crippen LogP contribution in [-0.4, -0.2) is 46.0 Å². The molecule has 0 unspecified atom stereocenters. The smallest absolute Gasteiger partial charge is 0.141 e. The molecule has 6 heteroatoms. The summed E-state index contributed by atoms with van der Waals surface area (Å²) in [5.74, 6) is 1.16. The molecule has 2 aliphatic rings. The number of hydrogen-bond donors (Lipinski definition) is 0. The largest absolute Gasteiger partial charge is 0.353 e. The summed E-state index contributed by atoms with van der Waals surface area (Å²) in [5.41, 5.74) is 2.68. The van der Waals surface area contributed by atoms with Crippen LogP contribution in [-0.2, 0) is 19.4 Å². The summed E-state index contributed by atoms with van der Waals surface area (Å²) in [6, 6.07) is 6.15. The summed E-state index contributed by atoms with van der Waals surface area (Å²) in [6.45, 7) is 5.07. The summed E-state index contributed by atoms with van der Waals surface area (Å²) in [4.78, 5) is 21.4. The van der Waals surface area contributed by atoms with Crippen molar-refractivity contribution in [3.63, 3.8) is 0 Å². The Morgan fingerprint density at radius 3 is 2.69 bits per heavy atom. The number of hydrogen-bond acceptors (Lipinski definition) is 6. The Morgan fingerprint density at radius 2 is 1.85 bits per heavy atom. The molecule has 5 rings (SSSR count). The Balaban J connectivity index is 1.36. The van der Waals surface area contributed by atoms with Crippen molar-refractivity contribution in [1.82, 2.24) is 19.9 Å². The number of thiophene rings is 1. The standard InChI is InChI=1S/C20H23N5S/c1-2-7-17-16(6-1)18-19(22-14-23-20(18)26-17)25-11-9-24(10-12-25)13-15-5-3-4-8-21-15/h3-5,8,14H,1-2,6-7,9-13H2. The molecule has 3 aromatic rings. The predicted molar refractivity (Wildman–Crippen MR) is 106 cm³/mol. The SMILES string of the molecule is c1ccc(CN2CCN(c3ncnc4sc5c(c34)CCCC5)CC2)nc1. The van der Waals surface area contributed by atoms with E-state index < -0.39 is 0 Å². The molecular formula is C20H23N5S. The summed E-state index contributed by atoms with van der Waals surface area (Å²) in [5, 5.41) is 1.34. The van der Waals surface area contributed by atoms with E-state index >= 15 is 0 Å². The lowest BCUT2D eigenvalue weighted by molar-refractivity contribution is 0.247. The second kappa shape index (κ2) is 6.93. The molecule has 134 valence electrons. The molecule has 1 fully saturated rings. The number of rotatable bonds is 3. The Labute approximate surface area is 157 Å². The molecule has 1 saturated heterocycles. The fraction of sp³-hybridized carbons (Fsp3) is 0.450. The number of piperazine rings is 1. The van der Waals surface area contributed by atoms with Crippen LogP contribution in [0.1, 0.15) is 29.0 Å². The van der Waals surface area contributed by atoms with Gasteiger partial charge in [-0.2, -0.15) is 0 Å². The van der Waals surface area contributed by atoms with Crippen molar-refractivity contribution >= 4 is 27.4 Å². The zero-order valence-electron chi connectivity index (χ0n) is 14.9. The van der Waals surface area contributed by atoms with Crippen molar-refractivity contribution in [2.24, 2.45) is 0 Å². The molecule has 0 radical (unpaired) electrons. The lowest BCUT2D eigenvalue weighted by atomic mass is 9.97. The molecule has 0 aromatic carbocycles. The second-order valence-electron chi connectivity index (χ2n) is 7.17. The van der Waals surface area contributed by atoms with Gasteiger partial charge in [-0.1, -0.05) is 6.07 Å². The first-order chi connectivity index (χ1) is 12.9.